The van der Waals surface area contributed by atoms with Crippen LogP contribution in [0.3, 0.4) is 0 Å². The molecule has 12 heteroatoms. The van der Waals surface area contributed by atoms with E-state index in [0.717, 1.165) is 11.3 Å². The zero-order valence-corrected chi connectivity index (χ0v) is 12.5. The summed E-state index contributed by atoms with van der Waals surface area (Å²) in [6.45, 7) is -0.725. The van der Waals surface area contributed by atoms with Gasteiger partial charge in [-0.3, -0.25) is 4.74 Å². The first kappa shape index (κ1) is 17.7. The largest absolute Gasteiger partial charge is 0.522 e. The number of alkyl halides is 3. The van der Waals surface area contributed by atoms with Crippen molar-refractivity contribution in [3.8, 4) is 5.19 Å². The number of rotatable bonds is 6. The normalized spacial score (nSPS) is 21.9. The summed E-state index contributed by atoms with van der Waals surface area (Å²) in [6, 6.07) is -0.271. The summed E-state index contributed by atoms with van der Waals surface area (Å²) >= 11 is 1.07. The molecule has 0 unspecified atom stereocenters. The number of nitrogens with zero attached hydrogens (tertiary/aromatic N) is 2. The SMILES string of the molecule is O=C(O)N[C@@H]1CC[C@@H](c2nnc(OCCOC(F)(F)F)s2)OC1. The molecule has 2 N–H and O–H groups in total. The molecule has 2 heterocycles. The zero-order chi connectivity index (χ0) is 16.9. The van der Waals surface area contributed by atoms with Crippen molar-refractivity contribution in [2.45, 2.75) is 31.3 Å². The number of nitrogens with one attached hydrogen (secondary N) is 1. The molecule has 0 bridgehead atoms. The van der Waals surface area contributed by atoms with Crippen molar-refractivity contribution in [3.63, 3.8) is 0 Å². The molecule has 0 spiro atoms. The molecule has 0 radical (unpaired) electrons. The number of carbonyl (C=O) groups is 1. The lowest BCUT2D eigenvalue weighted by atomic mass is 10.1. The van der Waals surface area contributed by atoms with Crippen LogP contribution in [-0.4, -0.2) is 53.6 Å². The Labute approximate surface area is 132 Å². The highest BCUT2D eigenvalue weighted by Gasteiger charge is 2.29. The van der Waals surface area contributed by atoms with Crippen LogP contribution in [0.15, 0.2) is 0 Å². The summed E-state index contributed by atoms with van der Waals surface area (Å²) in [5.41, 5.74) is 0. The van der Waals surface area contributed by atoms with Gasteiger partial charge in [0.15, 0.2) is 0 Å². The average Bonchev–Trinajstić information content (AvgIpc) is 2.92. The number of carboxylic acid groups (broad SMARTS) is 1. The smallest absolute Gasteiger partial charge is 0.466 e. The molecule has 1 saturated heterocycles. The van der Waals surface area contributed by atoms with E-state index in [0.29, 0.717) is 17.8 Å². The molecular weight excluding hydrogens is 343 g/mol. The molecule has 0 saturated carbocycles. The van der Waals surface area contributed by atoms with Crippen molar-refractivity contribution in [1.82, 2.24) is 15.5 Å². The molecular formula is C11H14F3N3O5S. The highest BCUT2D eigenvalue weighted by Crippen LogP contribution is 2.32. The van der Waals surface area contributed by atoms with Crippen LogP contribution in [0.25, 0.3) is 0 Å². The highest BCUT2D eigenvalue weighted by atomic mass is 32.1. The van der Waals surface area contributed by atoms with Gasteiger partial charge < -0.3 is 19.9 Å². The molecule has 1 fully saturated rings. The Balaban J connectivity index is 1.73. The fraction of sp³-hybridized carbons (Fsp3) is 0.727. The molecule has 1 aliphatic heterocycles. The summed E-state index contributed by atoms with van der Waals surface area (Å²) in [5, 5.41) is 19.2. The molecule has 1 amide bonds. The second-order valence-electron chi connectivity index (χ2n) is 4.59. The monoisotopic (exact) mass is 357 g/mol. The lowest BCUT2D eigenvalue weighted by Crippen LogP contribution is -2.40. The molecule has 2 rings (SSSR count). The van der Waals surface area contributed by atoms with Crippen LogP contribution >= 0.6 is 11.3 Å². The van der Waals surface area contributed by atoms with Crippen molar-refractivity contribution in [3.05, 3.63) is 5.01 Å². The number of hydrogen-bond acceptors (Lipinski definition) is 7. The molecule has 130 valence electrons. The fourth-order valence-corrected chi connectivity index (χ4v) is 2.73. The average molecular weight is 357 g/mol. The predicted octanol–water partition coefficient (Wildman–Crippen LogP) is 1.94. The molecule has 1 aromatic heterocycles. The van der Waals surface area contributed by atoms with E-state index in [1.165, 1.54) is 0 Å². The van der Waals surface area contributed by atoms with Gasteiger partial charge in [0.25, 0.3) is 5.19 Å². The van der Waals surface area contributed by atoms with Gasteiger partial charge in [-0.2, -0.15) is 0 Å². The molecule has 2 atom stereocenters. The Morgan fingerprint density at radius 3 is 2.78 bits per heavy atom. The van der Waals surface area contributed by atoms with Crippen molar-refractivity contribution >= 4 is 17.4 Å². The lowest BCUT2D eigenvalue weighted by Gasteiger charge is -2.27. The summed E-state index contributed by atoms with van der Waals surface area (Å²) in [6.07, 6.45) is -4.98. The second kappa shape index (κ2) is 7.75. The standard InChI is InChI=1S/C11H14F3N3O5S/c12-11(13,14)22-4-3-20-10-17-16-8(23-10)7-2-1-6(5-21-7)15-9(18)19/h6-7,15H,1-5H2,(H,18,19)/t6-,7+/m1/s1. The van der Waals surface area contributed by atoms with Gasteiger partial charge in [0.2, 0.25) is 0 Å². The van der Waals surface area contributed by atoms with E-state index in [1.807, 2.05) is 0 Å². The molecule has 1 aliphatic rings. The van der Waals surface area contributed by atoms with Gasteiger partial charge in [-0.05, 0) is 12.8 Å². The number of halogens is 3. The van der Waals surface area contributed by atoms with Gasteiger partial charge in [-0.25, -0.2) is 4.79 Å². The fourth-order valence-electron chi connectivity index (χ4n) is 1.93. The van der Waals surface area contributed by atoms with Gasteiger partial charge >= 0.3 is 12.5 Å². The van der Waals surface area contributed by atoms with Gasteiger partial charge in [0.05, 0.1) is 19.3 Å². The van der Waals surface area contributed by atoms with E-state index in [4.69, 9.17) is 14.6 Å². The van der Waals surface area contributed by atoms with Crippen molar-refractivity contribution in [2.75, 3.05) is 19.8 Å². The number of hydrogen-bond donors (Lipinski definition) is 2. The van der Waals surface area contributed by atoms with Gasteiger partial charge in [0, 0.05) is 0 Å². The Hall–Kier alpha value is -1.66. The summed E-state index contributed by atoms with van der Waals surface area (Å²) < 4.78 is 49.4. The Kier molecular flexibility index (Phi) is 5.96. The van der Waals surface area contributed by atoms with E-state index in [1.54, 1.807) is 0 Å². The first-order chi connectivity index (χ1) is 10.8. The zero-order valence-electron chi connectivity index (χ0n) is 11.7. The summed E-state index contributed by atoms with van der Waals surface area (Å²) in [4.78, 5) is 10.5. The van der Waals surface area contributed by atoms with E-state index in [9.17, 15) is 18.0 Å². The van der Waals surface area contributed by atoms with Crippen molar-refractivity contribution in [2.24, 2.45) is 0 Å². The molecule has 8 nitrogen and oxygen atoms in total. The van der Waals surface area contributed by atoms with Gasteiger partial charge in [0.1, 0.15) is 17.7 Å². The maximum absolute atomic E-state index is 11.8. The maximum atomic E-state index is 11.8. The van der Waals surface area contributed by atoms with Gasteiger partial charge in [-0.15, -0.1) is 18.3 Å². The van der Waals surface area contributed by atoms with Crippen molar-refractivity contribution < 1.29 is 37.3 Å². The highest BCUT2D eigenvalue weighted by molar-refractivity contribution is 7.13. The van der Waals surface area contributed by atoms with Crippen LogP contribution in [0.1, 0.15) is 24.0 Å². The van der Waals surface area contributed by atoms with E-state index in [2.05, 4.69) is 20.3 Å². The minimum atomic E-state index is -4.69. The number of amides is 1. The minimum Gasteiger partial charge on any atom is -0.466 e. The van der Waals surface area contributed by atoms with E-state index >= 15 is 0 Å². The van der Waals surface area contributed by atoms with Crippen LogP contribution in [0.2, 0.25) is 0 Å². The predicted molar refractivity (Wildman–Crippen MR) is 70.3 cm³/mol. The number of aromatic nitrogens is 2. The third-order valence-electron chi connectivity index (χ3n) is 2.88. The maximum Gasteiger partial charge on any atom is 0.522 e. The van der Waals surface area contributed by atoms with Crippen LogP contribution in [0.4, 0.5) is 18.0 Å². The summed E-state index contributed by atoms with van der Waals surface area (Å²) in [7, 11) is 0. The summed E-state index contributed by atoms with van der Waals surface area (Å²) in [5.74, 6) is 0. The van der Waals surface area contributed by atoms with Crippen LogP contribution < -0.4 is 10.1 Å². The Morgan fingerprint density at radius 2 is 2.17 bits per heavy atom. The lowest BCUT2D eigenvalue weighted by molar-refractivity contribution is -0.325. The van der Waals surface area contributed by atoms with Gasteiger partial charge in [-0.1, -0.05) is 16.4 Å². The Morgan fingerprint density at radius 1 is 1.39 bits per heavy atom. The van der Waals surface area contributed by atoms with Crippen LogP contribution in [-0.2, 0) is 9.47 Å². The van der Waals surface area contributed by atoms with Crippen molar-refractivity contribution in [1.29, 1.82) is 0 Å². The van der Waals surface area contributed by atoms with E-state index < -0.39 is 19.1 Å². The molecule has 1 aromatic rings. The second-order valence-corrected chi connectivity index (χ2v) is 5.57. The topological polar surface area (TPSA) is 103 Å². The first-order valence-corrected chi connectivity index (χ1v) is 7.43. The molecule has 0 aromatic carbocycles. The third kappa shape index (κ3) is 6.15. The third-order valence-corrected chi connectivity index (χ3v) is 3.80. The Bertz CT molecular complexity index is 519. The molecule has 23 heavy (non-hydrogen) atoms. The first-order valence-electron chi connectivity index (χ1n) is 6.61. The van der Waals surface area contributed by atoms with E-state index in [-0.39, 0.29) is 30.6 Å². The molecule has 0 aliphatic carbocycles. The van der Waals surface area contributed by atoms with Crippen LogP contribution in [0, 0.1) is 0 Å². The number of ether oxygens (including phenoxy) is 3. The minimum absolute atomic E-state index is 0.125. The quantitative estimate of drug-likeness (QED) is 0.750. The van der Waals surface area contributed by atoms with Crippen LogP contribution in [0.5, 0.6) is 5.19 Å².